The molecule has 0 aliphatic rings. The standard InChI is InChI=1S/C20H22N4O4/c1-14-7-3-4-8-15(14)18-22-19(28-23-18)16-9-5-11-24(20(16)26)13-17(25)21-10-6-12-27-2/h3-5,7-9,11H,6,10,12-13H2,1-2H3,(H,21,25). The van der Waals surface area contributed by atoms with Gasteiger partial charge in [0.15, 0.2) is 0 Å². The van der Waals surface area contributed by atoms with Crippen molar-refractivity contribution in [2.24, 2.45) is 0 Å². The zero-order chi connectivity index (χ0) is 19.9. The van der Waals surface area contributed by atoms with Crippen molar-refractivity contribution in [2.75, 3.05) is 20.3 Å². The van der Waals surface area contributed by atoms with Crippen LogP contribution in [-0.2, 0) is 16.1 Å². The maximum absolute atomic E-state index is 12.7. The molecule has 0 radical (unpaired) electrons. The normalized spacial score (nSPS) is 10.8. The molecule has 8 nitrogen and oxygen atoms in total. The largest absolute Gasteiger partial charge is 0.385 e. The quantitative estimate of drug-likeness (QED) is 0.599. The van der Waals surface area contributed by atoms with Crippen LogP contribution in [0.4, 0.5) is 0 Å². The lowest BCUT2D eigenvalue weighted by molar-refractivity contribution is -0.121. The fourth-order valence-corrected chi connectivity index (χ4v) is 2.75. The Hall–Kier alpha value is -3.26. The lowest BCUT2D eigenvalue weighted by Crippen LogP contribution is -2.33. The molecule has 0 saturated carbocycles. The van der Waals surface area contributed by atoms with Crippen molar-refractivity contribution >= 4 is 5.91 Å². The van der Waals surface area contributed by atoms with Gasteiger partial charge in [-0.3, -0.25) is 9.59 Å². The van der Waals surface area contributed by atoms with Gasteiger partial charge in [0.05, 0.1) is 0 Å². The third-order valence-electron chi connectivity index (χ3n) is 4.22. The number of pyridine rings is 1. The highest BCUT2D eigenvalue weighted by atomic mass is 16.5. The second-order valence-corrected chi connectivity index (χ2v) is 6.29. The lowest BCUT2D eigenvalue weighted by atomic mass is 10.1. The Morgan fingerprint density at radius 3 is 2.79 bits per heavy atom. The number of methoxy groups -OCH3 is 1. The highest BCUT2D eigenvalue weighted by Gasteiger charge is 2.16. The smallest absolute Gasteiger partial charge is 0.263 e. The summed E-state index contributed by atoms with van der Waals surface area (Å²) in [6.45, 7) is 2.92. The van der Waals surface area contributed by atoms with Crippen LogP contribution in [0.1, 0.15) is 12.0 Å². The fraction of sp³-hybridized carbons (Fsp3) is 0.300. The van der Waals surface area contributed by atoms with E-state index in [1.54, 1.807) is 25.4 Å². The lowest BCUT2D eigenvalue weighted by Gasteiger charge is -2.07. The van der Waals surface area contributed by atoms with Crippen LogP contribution in [0.15, 0.2) is 51.9 Å². The monoisotopic (exact) mass is 382 g/mol. The number of carbonyl (C=O) groups is 1. The minimum atomic E-state index is -0.366. The van der Waals surface area contributed by atoms with Gasteiger partial charge in [0.25, 0.3) is 11.4 Å². The van der Waals surface area contributed by atoms with E-state index in [0.29, 0.717) is 25.4 Å². The van der Waals surface area contributed by atoms with Gasteiger partial charge in [-0.15, -0.1) is 0 Å². The first-order valence-electron chi connectivity index (χ1n) is 8.95. The van der Waals surface area contributed by atoms with E-state index in [2.05, 4.69) is 15.5 Å². The molecule has 1 amide bonds. The number of hydrogen-bond donors (Lipinski definition) is 1. The van der Waals surface area contributed by atoms with E-state index in [4.69, 9.17) is 9.26 Å². The molecule has 0 fully saturated rings. The van der Waals surface area contributed by atoms with Gasteiger partial charge >= 0.3 is 0 Å². The topological polar surface area (TPSA) is 99.2 Å². The first-order valence-corrected chi connectivity index (χ1v) is 8.95. The van der Waals surface area contributed by atoms with Gasteiger partial charge in [-0.2, -0.15) is 4.98 Å². The maximum atomic E-state index is 12.7. The van der Waals surface area contributed by atoms with E-state index in [-0.39, 0.29) is 29.5 Å². The van der Waals surface area contributed by atoms with Crippen molar-refractivity contribution < 1.29 is 14.1 Å². The average molecular weight is 382 g/mol. The van der Waals surface area contributed by atoms with Crippen LogP contribution in [0.3, 0.4) is 0 Å². The van der Waals surface area contributed by atoms with Crippen molar-refractivity contribution in [3.63, 3.8) is 0 Å². The maximum Gasteiger partial charge on any atom is 0.263 e. The number of ether oxygens (including phenoxy) is 1. The van der Waals surface area contributed by atoms with Crippen LogP contribution in [0.25, 0.3) is 22.8 Å². The highest BCUT2D eigenvalue weighted by molar-refractivity contribution is 5.75. The van der Waals surface area contributed by atoms with Crippen LogP contribution >= 0.6 is 0 Å². The van der Waals surface area contributed by atoms with Gasteiger partial charge in [-0.25, -0.2) is 0 Å². The Kier molecular flexibility index (Phi) is 6.33. The number of nitrogens with zero attached hydrogens (tertiary/aromatic N) is 3. The summed E-state index contributed by atoms with van der Waals surface area (Å²) in [4.78, 5) is 29.1. The summed E-state index contributed by atoms with van der Waals surface area (Å²) in [7, 11) is 1.61. The second kappa shape index (κ2) is 9.09. The molecular weight excluding hydrogens is 360 g/mol. The Bertz CT molecular complexity index is 1010. The Balaban J connectivity index is 1.78. The van der Waals surface area contributed by atoms with Gasteiger partial charge in [0.1, 0.15) is 12.1 Å². The summed E-state index contributed by atoms with van der Waals surface area (Å²) in [5.74, 6) is 0.290. The molecular formula is C20H22N4O4. The van der Waals surface area contributed by atoms with Crippen LogP contribution in [0.5, 0.6) is 0 Å². The summed E-state index contributed by atoms with van der Waals surface area (Å²) < 4.78 is 11.6. The Morgan fingerprint density at radius 1 is 1.21 bits per heavy atom. The van der Waals surface area contributed by atoms with E-state index in [9.17, 15) is 9.59 Å². The van der Waals surface area contributed by atoms with Gasteiger partial charge in [-0.1, -0.05) is 29.4 Å². The van der Waals surface area contributed by atoms with Crippen molar-refractivity contribution in [2.45, 2.75) is 19.9 Å². The average Bonchev–Trinajstić information content (AvgIpc) is 3.17. The summed E-state index contributed by atoms with van der Waals surface area (Å²) in [5.41, 5.74) is 1.73. The molecule has 1 aromatic carbocycles. The van der Waals surface area contributed by atoms with Gasteiger partial charge in [0, 0.05) is 32.0 Å². The molecule has 0 atom stereocenters. The van der Waals surface area contributed by atoms with Gasteiger partial charge in [0.2, 0.25) is 11.7 Å². The Labute approximate surface area is 162 Å². The van der Waals surface area contributed by atoms with Gasteiger partial charge < -0.3 is 19.1 Å². The fourth-order valence-electron chi connectivity index (χ4n) is 2.75. The first-order chi connectivity index (χ1) is 13.6. The number of amides is 1. The molecule has 1 N–H and O–H groups in total. The van der Waals surface area contributed by atoms with Crippen LogP contribution in [-0.4, -0.2) is 40.9 Å². The summed E-state index contributed by atoms with van der Waals surface area (Å²) >= 11 is 0. The van der Waals surface area contributed by atoms with Crippen LogP contribution in [0, 0.1) is 6.92 Å². The minimum Gasteiger partial charge on any atom is -0.385 e. The van der Waals surface area contributed by atoms with Crippen LogP contribution < -0.4 is 10.9 Å². The molecule has 3 aromatic rings. The summed E-state index contributed by atoms with van der Waals surface area (Å²) in [6.07, 6.45) is 2.26. The number of nitrogens with one attached hydrogen (secondary N) is 1. The number of hydrogen-bond acceptors (Lipinski definition) is 6. The number of benzene rings is 1. The Morgan fingerprint density at radius 2 is 2.00 bits per heavy atom. The molecule has 28 heavy (non-hydrogen) atoms. The predicted molar refractivity (Wildman–Crippen MR) is 104 cm³/mol. The second-order valence-electron chi connectivity index (χ2n) is 6.29. The van der Waals surface area contributed by atoms with Crippen molar-refractivity contribution in [1.29, 1.82) is 0 Å². The molecule has 0 aliphatic heterocycles. The predicted octanol–water partition coefficient (Wildman–Crippen LogP) is 2.03. The summed E-state index contributed by atoms with van der Waals surface area (Å²) in [5, 5.41) is 6.74. The van der Waals surface area contributed by atoms with Gasteiger partial charge in [-0.05, 0) is 31.0 Å². The van der Waals surface area contributed by atoms with E-state index >= 15 is 0 Å². The molecule has 0 spiro atoms. The molecule has 3 rings (SSSR count). The number of aromatic nitrogens is 3. The molecule has 2 aromatic heterocycles. The third-order valence-corrected chi connectivity index (χ3v) is 4.22. The summed E-state index contributed by atoms with van der Waals surface area (Å²) in [6, 6.07) is 10.9. The molecule has 0 unspecified atom stereocenters. The van der Waals surface area contributed by atoms with Crippen LogP contribution in [0.2, 0.25) is 0 Å². The zero-order valence-electron chi connectivity index (χ0n) is 15.8. The molecule has 146 valence electrons. The van der Waals surface area contributed by atoms with E-state index in [0.717, 1.165) is 11.1 Å². The zero-order valence-corrected chi connectivity index (χ0v) is 15.8. The highest BCUT2D eigenvalue weighted by Crippen LogP contribution is 2.22. The van der Waals surface area contributed by atoms with E-state index < -0.39 is 0 Å². The third kappa shape index (κ3) is 4.52. The molecule has 0 aliphatic carbocycles. The molecule has 8 heteroatoms. The van der Waals surface area contributed by atoms with Crippen molar-refractivity contribution in [1.82, 2.24) is 20.0 Å². The van der Waals surface area contributed by atoms with Crippen molar-refractivity contribution in [3.05, 3.63) is 58.5 Å². The number of carbonyl (C=O) groups excluding carboxylic acids is 1. The SMILES string of the molecule is COCCCNC(=O)Cn1cccc(-c2nc(-c3ccccc3C)no2)c1=O. The minimum absolute atomic E-state index is 0.0849. The van der Waals surface area contributed by atoms with E-state index in [1.807, 2.05) is 31.2 Å². The molecule has 0 bridgehead atoms. The molecule has 0 saturated heterocycles. The van der Waals surface area contributed by atoms with Crippen molar-refractivity contribution in [3.8, 4) is 22.8 Å². The number of rotatable bonds is 8. The molecule has 2 heterocycles. The first kappa shape index (κ1) is 19.5. The van der Waals surface area contributed by atoms with E-state index in [1.165, 1.54) is 4.57 Å². The number of aryl methyl sites for hydroxylation is 1.